The fourth-order valence-electron chi connectivity index (χ4n) is 1.17. The van der Waals surface area contributed by atoms with E-state index in [2.05, 4.69) is 10.5 Å². The Morgan fingerprint density at radius 3 is 2.93 bits per heavy atom. The van der Waals surface area contributed by atoms with Crippen molar-refractivity contribution in [2.75, 3.05) is 0 Å². The molecule has 1 aromatic carbocycles. The summed E-state index contributed by atoms with van der Waals surface area (Å²) in [7, 11) is 0. The first-order chi connectivity index (χ1) is 6.77. The highest BCUT2D eigenvalue weighted by Gasteiger charge is 2.08. The molecule has 2 rings (SSSR count). The van der Waals surface area contributed by atoms with Crippen LogP contribution in [0.15, 0.2) is 23.6 Å². The van der Waals surface area contributed by atoms with Crippen molar-refractivity contribution in [3.05, 3.63) is 52.0 Å². The van der Waals surface area contributed by atoms with Gasteiger partial charge < -0.3 is 0 Å². The quantitative estimate of drug-likeness (QED) is 0.742. The Labute approximate surface area is 84.0 Å². The second-order valence-electron chi connectivity index (χ2n) is 2.82. The summed E-state index contributed by atoms with van der Waals surface area (Å²) in [5.74, 6) is -1.61. The van der Waals surface area contributed by atoms with Crippen LogP contribution in [0.2, 0.25) is 0 Å². The zero-order valence-corrected chi connectivity index (χ0v) is 7.94. The first-order valence-electron chi connectivity index (χ1n) is 4.00. The maximum absolute atomic E-state index is 13.2. The van der Waals surface area contributed by atoms with Crippen molar-refractivity contribution in [2.24, 2.45) is 0 Å². The average Bonchev–Trinajstić information content (AvgIpc) is 2.66. The van der Waals surface area contributed by atoms with Gasteiger partial charge in [-0.3, -0.25) is 0 Å². The Balaban J connectivity index is 2.29. The summed E-state index contributed by atoms with van der Waals surface area (Å²) < 4.78 is 26.0. The number of thiazole rings is 1. The van der Waals surface area contributed by atoms with Gasteiger partial charge in [0.25, 0.3) is 0 Å². The summed E-state index contributed by atoms with van der Waals surface area (Å²) in [5.41, 5.74) is 3.69. The summed E-state index contributed by atoms with van der Waals surface area (Å²) in [6.07, 6.45) is 0.309. The molecule has 71 valence electrons. The molecule has 0 atom stereocenters. The Hall–Kier alpha value is -1.29. The molecule has 1 heterocycles. The van der Waals surface area contributed by atoms with Gasteiger partial charge in [-0.05, 0) is 11.6 Å². The molecule has 0 unspecified atom stereocenters. The zero-order chi connectivity index (χ0) is 9.97. The highest BCUT2D eigenvalue weighted by molar-refractivity contribution is 7.07. The summed E-state index contributed by atoms with van der Waals surface area (Å²) in [5, 5.41) is 1.77. The summed E-state index contributed by atoms with van der Waals surface area (Å²) in [6.45, 7) is 0. The predicted octanol–water partition coefficient (Wildman–Crippen LogP) is 2.81. The molecule has 1 radical (unpaired) electrons. The van der Waals surface area contributed by atoms with Crippen LogP contribution in [0, 0.1) is 17.1 Å². The maximum atomic E-state index is 13.2. The van der Waals surface area contributed by atoms with Crippen molar-refractivity contribution in [2.45, 2.75) is 6.42 Å². The van der Waals surface area contributed by atoms with E-state index in [-0.39, 0.29) is 0 Å². The average molecular weight is 210 g/mol. The van der Waals surface area contributed by atoms with E-state index < -0.39 is 11.6 Å². The van der Waals surface area contributed by atoms with E-state index in [4.69, 9.17) is 0 Å². The van der Waals surface area contributed by atoms with Crippen LogP contribution in [0.25, 0.3) is 0 Å². The number of hydrogen-bond acceptors (Lipinski definition) is 2. The van der Waals surface area contributed by atoms with Gasteiger partial charge in [0, 0.05) is 11.8 Å². The minimum Gasteiger partial charge on any atom is -0.238 e. The molecule has 1 aromatic heterocycles. The van der Waals surface area contributed by atoms with E-state index >= 15 is 0 Å². The minimum atomic E-state index is -0.818. The van der Waals surface area contributed by atoms with Crippen LogP contribution in [0.5, 0.6) is 0 Å². The lowest BCUT2D eigenvalue weighted by molar-refractivity contribution is 0.500. The third kappa shape index (κ3) is 1.80. The van der Waals surface area contributed by atoms with E-state index in [0.717, 1.165) is 6.07 Å². The molecule has 0 spiro atoms. The molecule has 0 aliphatic heterocycles. The van der Waals surface area contributed by atoms with Crippen LogP contribution in [0.3, 0.4) is 0 Å². The highest BCUT2D eigenvalue weighted by Crippen LogP contribution is 2.15. The molecule has 0 fully saturated rings. The van der Waals surface area contributed by atoms with E-state index in [9.17, 15) is 8.78 Å². The molecule has 0 amide bonds. The fraction of sp³-hybridized carbons (Fsp3) is 0.100. The van der Waals surface area contributed by atoms with Crippen molar-refractivity contribution in [3.63, 3.8) is 0 Å². The number of aromatic nitrogens is 1. The number of halogens is 2. The standard InChI is InChI=1S/C10H6F2NS/c11-9-3-1-2-7(10(9)12)4-8-5-14-6-13-8/h1-3,5H,4H2. The molecule has 0 aliphatic carbocycles. The topological polar surface area (TPSA) is 12.9 Å². The molecule has 1 nitrogen and oxygen atoms in total. The molecule has 0 bridgehead atoms. The number of benzene rings is 1. The van der Waals surface area contributed by atoms with Gasteiger partial charge in [0.1, 0.15) is 0 Å². The highest BCUT2D eigenvalue weighted by atomic mass is 32.1. The number of hydrogen-bond donors (Lipinski definition) is 0. The largest absolute Gasteiger partial charge is 0.238 e. The van der Waals surface area contributed by atoms with Crippen LogP contribution >= 0.6 is 11.3 Å². The SMILES string of the molecule is Fc1cccc(Cc2cs[c]n2)c1F. The minimum absolute atomic E-state index is 0.309. The van der Waals surface area contributed by atoms with Gasteiger partial charge in [-0.2, -0.15) is 0 Å². The van der Waals surface area contributed by atoms with Crippen LogP contribution in [-0.4, -0.2) is 4.98 Å². The first-order valence-corrected chi connectivity index (χ1v) is 4.88. The van der Waals surface area contributed by atoms with Crippen molar-refractivity contribution in [1.29, 1.82) is 0 Å². The Kier molecular flexibility index (Phi) is 2.54. The number of rotatable bonds is 2. The lowest BCUT2D eigenvalue weighted by Gasteiger charge is -2.00. The Bertz CT molecular complexity index is 426. The predicted molar refractivity (Wildman–Crippen MR) is 50.1 cm³/mol. The second-order valence-corrected chi connectivity index (χ2v) is 3.47. The van der Waals surface area contributed by atoms with Crippen LogP contribution in [-0.2, 0) is 6.42 Å². The molecular formula is C10H6F2NS. The lowest BCUT2D eigenvalue weighted by atomic mass is 10.1. The van der Waals surface area contributed by atoms with E-state index in [1.54, 1.807) is 11.4 Å². The van der Waals surface area contributed by atoms with Gasteiger partial charge >= 0.3 is 0 Å². The molecule has 0 saturated heterocycles. The van der Waals surface area contributed by atoms with E-state index in [1.807, 2.05) is 0 Å². The van der Waals surface area contributed by atoms with Gasteiger partial charge in [0.05, 0.1) is 5.69 Å². The van der Waals surface area contributed by atoms with Crippen LogP contribution in [0.4, 0.5) is 8.78 Å². The van der Waals surface area contributed by atoms with Crippen molar-refractivity contribution in [1.82, 2.24) is 4.98 Å². The van der Waals surface area contributed by atoms with Crippen molar-refractivity contribution in [3.8, 4) is 0 Å². The zero-order valence-electron chi connectivity index (χ0n) is 7.13. The monoisotopic (exact) mass is 210 g/mol. The Morgan fingerprint density at radius 1 is 1.36 bits per heavy atom. The van der Waals surface area contributed by atoms with E-state index in [0.29, 0.717) is 17.7 Å². The lowest BCUT2D eigenvalue weighted by Crippen LogP contribution is -1.95. The van der Waals surface area contributed by atoms with Crippen molar-refractivity contribution >= 4 is 11.3 Å². The van der Waals surface area contributed by atoms with Gasteiger partial charge in [-0.1, -0.05) is 12.1 Å². The first kappa shape index (κ1) is 9.27. The van der Waals surface area contributed by atoms with E-state index in [1.165, 1.54) is 17.4 Å². The molecule has 0 aliphatic rings. The molecular weight excluding hydrogens is 204 g/mol. The van der Waals surface area contributed by atoms with Gasteiger partial charge in [0.2, 0.25) is 0 Å². The molecule has 4 heteroatoms. The smallest absolute Gasteiger partial charge is 0.162 e. The molecule has 2 aromatic rings. The fourth-order valence-corrected chi connectivity index (χ4v) is 1.66. The van der Waals surface area contributed by atoms with Gasteiger partial charge in [-0.15, -0.1) is 11.3 Å². The molecule has 14 heavy (non-hydrogen) atoms. The van der Waals surface area contributed by atoms with Crippen LogP contribution < -0.4 is 0 Å². The van der Waals surface area contributed by atoms with Gasteiger partial charge in [0.15, 0.2) is 17.1 Å². The van der Waals surface area contributed by atoms with Crippen LogP contribution in [0.1, 0.15) is 11.3 Å². The normalized spacial score (nSPS) is 10.4. The third-order valence-electron chi connectivity index (χ3n) is 1.84. The maximum Gasteiger partial charge on any atom is 0.162 e. The van der Waals surface area contributed by atoms with Crippen molar-refractivity contribution < 1.29 is 8.78 Å². The second kappa shape index (κ2) is 3.84. The third-order valence-corrected chi connectivity index (χ3v) is 2.43. The summed E-state index contributed by atoms with van der Waals surface area (Å²) >= 11 is 1.32. The number of nitrogens with zero attached hydrogens (tertiary/aromatic N) is 1. The summed E-state index contributed by atoms with van der Waals surface area (Å²) in [6, 6.07) is 4.15. The summed E-state index contributed by atoms with van der Waals surface area (Å²) in [4.78, 5) is 3.89. The van der Waals surface area contributed by atoms with Gasteiger partial charge in [-0.25, -0.2) is 13.8 Å². The Morgan fingerprint density at radius 2 is 2.21 bits per heavy atom. The molecule has 0 N–H and O–H groups in total. The molecule has 0 saturated carbocycles.